The van der Waals surface area contributed by atoms with Gasteiger partial charge in [-0.2, -0.15) is 0 Å². The molecule has 0 fully saturated rings. The molecule has 3 N–H and O–H groups in total. The minimum absolute atomic E-state index is 0.0158. The zero-order valence-corrected chi connectivity index (χ0v) is 9.74. The number of hydrogen-bond acceptors (Lipinski definition) is 3. The monoisotopic (exact) mass is 224 g/mol. The molecule has 3 heteroatoms. The van der Waals surface area contributed by atoms with Crippen LogP contribution < -0.4 is 0 Å². The number of aliphatic hydroxyl groups excluding tert-OH is 3. The van der Waals surface area contributed by atoms with Gasteiger partial charge in [0.2, 0.25) is 0 Å². The van der Waals surface area contributed by atoms with Crippen LogP contribution in [0, 0.1) is 5.92 Å². The third-order valence-electron chi connectivity index (χ3n) is 2.73. The number of benzene rings is 1. The van der Waals surface area contributed by atoms with Crippen molar-refractivity contribution in [1.29, 1.82) is 0 Å². The minimum Gasteiger partial charge on any atom is -0.390 e. The van der Waals surface area contributed by atoms with Crippen molar-refractivity contribution >= 4 is 0 Å². The third-order valence-corrected chi connectivity index (χ3v) is 2.73. The van der Waals surface area contributed by atoms with Gasteiger partial charge in [0.1, 0.15) is 0 Å². The van der Waals surface area contributed by atoms with Crippen LogP contribution in [0.2, 0.25) is 0 Å². The largest absolute Gasteiger partial charge is 0.390 e. The first kappa shape index (κ1) is 13.2. The highest BCUT2D eigenvalue weighted by atomic mass is 16.3. The second-order valence-corrected chi connectivity index (χ2v) is 4.46. The Morgan fingerprint density at radius 2 is 1.56 bits per heavy atom. The van der Waals surface area contributed by atoms with Crippen molar-refractivity contribution < 1.29 is 15.3 Å². The summed E-state index contributed by atoms with van der Waals surface area (Å²) >= 11 is 0. The van der Waals surface area contributed by atoms with Gasteiger partial charge in [-0.3, -0.25) is 0 Å². The molecule has 0 saturated heterocycles. The van der Waals surface area contributed by atoms with E-state index in [-0.39, 0.29) is 12.3 Å². The molecule has 0 unspecified atom stereocenters. The maximum atomic E-state index is 9.85. The van der Waals surface area contributed by atoms with E-state index in [1.807, 2.05) is 32.0 Å². The average Bonchev–Trinajstić information content (AvgIpc) is 2.28. The molecule has 16 heavy (non-hydrogen) atoms. The smallest absolute Gasteiger partial charge is 0.0829 e. The van der Waals surface area contributed by atoms with E-state index in [9.17, 15) is 15.3 Å². The van der Waals surface area contributed by atoms with Gasteiger partial charge in [0, 0.05) is 6.42 Å². The Morgan fingerprint density at radius 3 is 2.06 bits per heavy atom. The van der Waals surface area contributed by atoms with E-state index >= 15 is 0 Å². The molecule has 0 aliphatic carbocycles. The summed E-state index contributed by atoms with van der Waals surface area (Å²) in [5.41, 5.74) is 0.762. The zero-order valence-electron chi connectivity index (χ0n) is 9.74. The summed E-state index contributed by atoms with van der Waals surface area (Å²) in [6.07, 6.45) is -2.26. The van der Waals surface area contributed by atoms with Crippen molar-refractivity contribution in [1.82, 2.24) is 0 Å². The fourth-order valence-electron chi connectivity index (χ4n) is 1.62. The quantitative estimate of drug-likeness (QED) is 0.710. The van der Waals surface area contributed by atoms with Crippen LogP contribution in [0.5, 0.6) is 0 Å². The number of hydrogen-bond donors (Lipinski definition) is 3. The Bertz CT molecular complexity index is 297. The Morgan fingerprint density at radius 1 is 1.00 bits per heavy atom. The molecule has 0 aliphatic heterocycles. The maximum absolute atomic E-state index is 9.85. The highest BCUT2D eigenvalue weighted by Gasteiger charge is 2.23. The van der Waals surface area contributed by atoms with Gasteiger partial charge in [0.15, 0.2) is 0 Å². The molecule has 0 aliphatic rings. The van der Waals surface area contributed by atoms with Crippen molar-refractivity contribution in [2.24, 2.45) is 5.92 Å². The SMILES string of the molecule is CC(C)[C@H](O)[C@@H](O)C[C@@H](O)c1ccccc1. The second kappa shape index (κ2) is 5.99. The molecule has 3 nitrogen and oxygen atoms in total. The topological polar surface area (TPSA) is 60.7 Å². The molecule has 0 bridgehead atoms. The van der Waals surface area contributed by atoms with E-state index in [4.69, 9.17) is 0 Å². The molecule has 0 amide bonds. The highest BCUT2D eigenvalue weighted by Crippen LogP contribution is 2.21. The predicted octanol–water partition coefficient (Wildman–Crippen LogP) is 1.49. The van der Waals surface area contributed by atoms with E-state index in [2.05, 4.69) is 0 Å². The molecule has 0 radical (unpaired) electrons. The van der Waals surface area contributed by atoms with Crippen LogP contribution in [0.3, 0.4) is 0 Å². The third kappa shape index (κ3) is 3.59. The standard InChI is InChI=1S/C13H20O3/c1-9(2)13(16)12(15)8-11(14)10-6-4-3-5-7-10/h3-7,9,11-16H,8H2,1-2H3/t11-,12+,13+/m1/s1. The summed E-state index contributed by atoms with van der Waals surface area (Å²) in [6, 6.07) is 9.15. The van der Waals surface area contributed by atoms with E-state index in [1.54, 1.807) is 12.1 Å². The van der Waals surface area contributed by atoms with Crippen LogP contribution in [-0.4, -0.2) is 27.5 Å². The molecule has 90 valence electrons. The van der Waals surface area contributed by atoms with E-state index in [0.29, 0.717) is 0 Å². The Kier molecular flexibility index (Phi) is 4.93. The molecular weight excluding hydrogens is 204 g/mol. The van der Waals surface area contributed by atoms with Gasteiger partial charge in [0.05, 0.1) is 18.3 Å². The van der Waals surface area contributed by atoms with Gasteiger partial charge >= 0.3 is 0 Å². The lowest BCUT2D eigenvalue weighted by Gasteiger charge is -2.23. The highest BCUT2D eigenvalue weighted by molar-refractivity contribution is 5.17. The van der Waals surface area contributed by atoms with Crippen LogP contribution in [0.25, 0.3) is 0 Å². The van der Waals surface area contributed by atoms with Crippen molar-refractivity contribution in [2.45, 2.75) is 38.6 Å². The lowest BCUT2D eigenvalue weighted by atomic mass is 9.95. The summed E-state index contributed by atoms with van der Waals surface area (Å²) in [6.45, 7) is 3.67. The molecule has 1 aromatic carbocycles. The lowest BCUT2D eigenvalue weighted by molar-refractivity contribution is -0.0336. The van der Waals surface area contributed by atoms with Crippen LogP contribution >= 0.6 is 0 Å². The molecule has 0 heterocycles. The molecule has 3 atom stereocenters. The summed E-state index contributed by atoms with van der Waals surface area (Å²) < 4.78 is 0. The Hall–Kier alpha value is -0.900. The minimum atomic E-state index is -0.893. The average molecular weight is 224 g/mol. The van der Waals surface area contributed by atoms with Crippen molar-refractivity contribution in [3.05, 3.63) is 35.9 Å². The van der Waals surface area contributed by atoms with Gasteiger partial charge in [-0.1, -0.05) is 44.2 Å². The van der Waals surface area contributed by atoms with Crippen molar-refractivity contribution in [3.8, 4) is 0 Å². The molecular formula is C13H20O3. The van der Waals surface area contributed by atoms with Crippen molar-refractivity contribution in [3.63, 3.8) is 0 Å². The first-order valence-electron chi connectivity index (χ1n) is 5.61. The van der Waals surface area contributed by atoms with Gasteiger partial charge in [0.25, 0.3) is 0 Å². The van der Waals surface area contributed by atoms with Gasteiger partial charge < -0.3 is 15.3 Å². The predicted molar refractivity (Wildman–Crippen MR) is 62.9 cm³/mol. The zero-order chi connectivity index (χ0) is 12.1. The number of aliphatic hydroxyl groups is 3. The van der Waals surface area contributed by atoms with Crippen LogP contribution in [0.1, 0.15) is 31.9 Å². The fraction of sp³-hybridized carbons (Fsp3) is 0.538. The number of rotatable bonds is 5. The summed E-state index contributed by atoms with van der Waals surface area (Å²) in [5.74, 6) is -0.0158. The maximum Gasteiger partial charge on any atom is 0.0829 e. The summed E-state index contributed by atoms with van der Waals surface area (Å²) in [4.78, 5) is 0. The Labute approximate surface area is 96.4 Å². The summed E-state index contributed by atoms with van der Waals surface area (Å²) in [7, 11) is 0. The normalized spacial score (nSPS) is 17.1. The van der Waals surface area contributed by atoms with Crippen LogP contribution in [0.15, 0.2) is 30.3 Å². The van der Waals surface area contributed by atoms with E-state index in [1.165, 1.54) is 0 Å². The Balaban J connectivity index is 2.55. The first-order chi connectivity index (χ1) is 7.52. The first-order valence-corrected chi connectivity index (χ1v) is 5.61. The lowest BCUT2D eigenvalue weighted by Crippen LogP contribution is -2.32. The molecule has 1 aromatic rings. The second-order valence-electron chi connectivity index (χ2n) is 4.46. The summed E-state index contributed by atoms with van der Waals surface area (Å²) in [5, 5.41) is 29.2. The van der Waals surface area contributed by atoms with Crippen molar-refractivity contribution in [2.75, 3.05) is 0 Å². The molecule has 0 saturated carbocycles. The fourth-order valence-corrected chi connectivity index (χ4v) is 1.62. The van der Waals surface area contributed by atoms with Gasteiger partial charge in [-0.05, 0) is 11.5 Å². The van der Waals surface area contributed by atoms with Crippen LogP contribution in [0.4, 0.5) is 0 Å². The molecule has 0 aromatic heterocycles. The van der Waals surface area contributed by atoms with E-state index < -0.39 is 18.3 Å². The molecule has 1 rings (SSSR count). The van der Waals surface area contributed by atoms with Gasteiger partial charge in [-0.15, -0.1) is 0 Å². The van der Waals surface area contributed by atoms with Gasteiger partial charge in [-0.25, -0.2) is 0 Å². The van der Waals surface area contributed by atoms with E-state index in [0.717, 1.165) is 5.56 Å². The van der Waals surface area contributed by atoms with Crippen LogP contribution in [-0.2, 0) is 0 Å². The molecule has 0 spiro atoms.